The van der Waals surface area contributed by atoms with Crippen LogP contribution >= 0.6 is 0 Å². The van der Waals surface area contributed by atoms with Gasteiger partial charge in [-0.25, -0.2) is 22.8 Å². The largest absolute Gasteiger partial charge is 0.384 e. The van der Waals surface area contributed by atoms with Gasteiger partial charge in [-0.2, -0.15) is 5.10 Å². The summed E-state index contributed by atoms with van der Waals surface area (Å²) < 4.78 is 43.4. The van der Waals surface area contributed by atoms with Crippen molar-refractivity contribution < 1.29 is 23.1 Å². The summed E-state index contributed by atoms with van der Waals surface area (Å²) in [6.07, 6.45) is -1.18. The van der Waals surface area contributed by atoms with Crippen molar-refractivity contribution in [1.29, 1.82) is 0 Å². The number of aliphatic hydroxyl groups excluding tert-OH is 1. The quantitative estimate of drug-likeness (QED) is 0.419. The first-order chi connectivity index (χ1) is 17.4. The van der Waals surface area contributed by atoms with E-state index in [1.165, 1.54) is 11.8 Å². The molecule has 0 bridgehead atoms. The molecule has 1 aromatic heterocycles. The lowest BCUT2D eigenvalue weighted by Crippen LogP contribution is -2.47. The average Bonchev–Trinajstić information content (AvgIpc) is 3.24. The number of nitrogens with two attached hydrogens (primary N) is 1. The molecule has 0 aliphatic rings. The van der Waals surface area contributed by atoms with Gasteiger partial charge in [-0.05, 0) is 42.5 Å². The van der Waals surface area contributed by atoms with Crippen molar-refractivity contribution in [2.75, 3.05) is 13.2 Å². The number of hydrogen-bond acceptors (Lipinski definition) is 5. The summed E-state index contributed by atoms with van der Waals surface area (Å²) in [5.41, 5.74) is 5.91. The van der Waals surface area contributed by atoms with E-state index in [1.807, 2.05) is 51.1 Å². The Morgan fingerprint density at radius 2 is 1.84 bits per heavy atom. The van der Waals surface area contributed by atoms with E-state index in [2.05, 4.69) is 10.1 Å². The topological polar surface area (TPSA) is 97.3 Å². The first-order valence-corrected chi connectivity index (χ1v) is 12.2. The Morgan fingerprint density at radius 3 is 2.43 bits per heavy atom. The summed E-state index contributed by atoms with van der Waals surface area (Å²) in [6, 6.07) is 10.9. The highest BCUT2D eigenvalue weighted by Crippen LogP contribution is 2.39. The molecular weight excluding hydrogens is 483 g/mol. The molecule has 3 atom stereocenters. The number of hydrogen-bond donors (Lipinski definition) is 2. The molecule has 7 nitrogen and oxygen atoms in total. The van der Waals surface area contributed by atoms with Gasteiger partial charge in [-0.15, -0.1) is 0 Å². The molecular formula is C27H34F3N5O2. The predicted octanol–water partition coefficient (Wildman–Crippen LogP) is 4.26. The summed E-state index contributed by atoms with van der Waals surface area (Å²) in [5, 5.41) is 14.7. The number of amides is 1. The van der Waals surface area contributed by atoms with Crippen LogP contribution in [0.4, 0.5) is 13.2 Å². The van der Waals surface area contributed by atoms with Gasteiger partial charge in [0.2, 0.25) is 0 Å². The lowest BCUT2D eigenvalue weighted by molar-refractivity contribution is -0.145. The van der Waals surface area contributed by atoms with Gasteiger partial charge in [-0.1, -0.05) is 51.1 Å². The van der Waals surface area contributed by atoms with Crippen LogP contribution in [0.5, 0.6) is 0 Å². The van der Waals surface area contributed by atoms with Crippen LogP contribution in [0.25, 0.3) is 11.4 Å². The molecule has 1 heterocycles. The van der Waals surface area contributed by atoms with Crippen LogP contribution in [0.2, 0.25) is 0 Å². The number of alkyl halides is 1. The molecule has 2 aromatic carbocycles. The third-order valence-electron chi connectivity index (χ3n) is 6.00. The molecule has 0 saturated heterocycles. The highest BCUT2D eigenvalue weighted by molar-refractivity contribution is 5.80. The summed E-state index contributed by atoms with van der Waals surface area (Å²) in [5.74, 6) is -1.64. The van der Waals surface area contributed by atoms with E-state index in [1.54, 1.807) is 4.68 Å². The Labute approximate surface area is 215 Å². The van der Waals surface area contributed by atoms with E-state index in [0.717, 1.165) is 23.8 Å². The van der Waals surface area contributed by atoms with Crippen molar-refractivity contribution in [2.45, 2.75) is 58.8 Å². The van der Waals surface area contributed by atoms with Crippen LogP contribution in [0.15, 0.2) is 48.5 Å². The van der Waals surface area contributed by atoms with Gasteiger partial charge < -0.3 is 15.7 Å². The SMILES string of the molecule is C[C@H](O)C(=O)N(CC[C@H](N)CF)C(c1nc(-c2cc(F)ccc2F)nn1Cc1ccccc1)C(C)(C)C. The number of carbonyl (C=O) groups excluding carboxylic acids is 1. The van der Waals surface area contributed by atoms with Gasteiger partial charge in [0, 0.05) is 12.6 Å². The van der Waals surface area contributed by atoms with Crippen LogP contribution in [-0.2, 0) is 11.3 Å². The van der Waals surface area contributed by atoms with E-state index in [0.29, 0.717) is 5.82 Å². The average molecular weight is 518 g/mol. The first kappa shape index (κ1) is 28.3. The normalized spacial score (nSPS) is 14.3. The zero-order valence-corrected chi connectivity index (χ0v) is 21.5. The monoisotopic (exact) mass is 517 g/mol. The first-order valence-electron chi connectivity index (χ1n) is 12.2. The Bertz CT molecular complexity index is 1190. The molecule has 200 valence electrons. The highest BCUT2D eigenvalue weighted by Gasteiger charge is 2.40. The van der Waals surface area contributed by atoms with Gasteiger partial charge in [0.25, 0.3) is 5.91 Å². The zero-order chi connectivity index (χ0) is 27.3. The second-order valence-corrected chi connectivity index (χ2v) is 10.2. The van der Waals surface area contributed by atoms with E-state index < -0.39 is 47.8 Å². The van der Waals surface area contributed by atoms with Crippen molar-refractivity contribution in [1.82, 2.24) is 19.7 Å². The van der Waals surface area contributed by atoms with Crippen LogP contribution in [0, 0.1) is 17.0 Å². The van der Waals surface area contributed by atoms with E-state index >= 15 is 0 Å². The summed E-state index contributed by atoms with van der Waals surface area (Å²) in [6.45, 7) is 6.56. The number of carbonyl (C=O) groups is 1. The molecule has 0 fully saturated rings. The number of nitrogens with zero attached hydrogens (tertiary/aromatic N) is 4. The maximum absolute atomic E-state index is 14.7. The third-order valence-corrected chi connectivity index (χ3v) is 6.00. The molecule has 3 aromatic rings. The van der Waals surface area contributed by atoms with Crippen LogP contribution in [0.1, 0.15) is 51.5 Å². The minimum absolute atomic E-state index is 0.0397. The molecule has 0 radical (unpaired) electrons. The maximum atomic E-state index is 14.7. The van der Waals surface area contributed by atoms with Crippen LogP contribution in [0.3, 0.4) is 0 Å². The molecule has 1 amide bonds. The fraction of sp³-hybridized carbons (Fsp3) is 0.444. The fourth-order valence-corrected chi connectivity index (χ4v) is 4.19. The molecule has 3 rings (SSSR count). The standard InChI is InChI=1S/C27H34F3N5O2/c1-17(36)26(37)34(13-12-20(31)15-28)23(27(2,3)4)25-32-24(21-14-19(29)10-11-22(21)30)33-35(25)16-18-8-6-5-7-9-18/h5-11,14,17,20,23,36H,12-13,15-16,31H2,1-4H3/t17-,20-,23?/m0/s1. The maximum Gasteiger partial charge on any atom is 0.251 e. The second kappa shape index (κ2) is 11.9. The minimum atomic E-state index is -1.34. The van der Waals surface area contributed by atoms with Gasteiger partial charge in [0.15, 0.2) is 11.6 Å². The molecule has 0 aliphatic heterocycles. The van der Waals surface area contributed by atoms with Crippen LogP contribution < -0.4 is 5.73 Å². The van der Waals surface area contributed by atoms with Crippen molar-refractivity contribution in [3.63, 3.8) is 0 Å². The predicted molar refractivity (Wildman–Crippen MR) is 135 cm³/mol. The molecule has 0 saturated carbocycles. The molecule has 3 N–H and O–H groups in total. The molecule has 1 unspecified atom stereocenters. The van der Waals surface area contributed by atoms with Crippen molar-refractivity contribution in [3.8, 4) is 11.4 Å². The Balaban J connectivity index is 2.21. The highest BCUT2D eigenvalue weighted by atomic mass is 19.1. The minimum Gasteiger partial charge on any atom is -0.384 e. The smallest absolute Gasteiger partial charge is 0.251 e. The molecule has 0 aliphatic carbocycles. The van der Waals surface area contributed by atoms with Crippen LogP contribution in [-0.4, -0.2) is 56.0 Å². The van der Waals surface area contributed by atoms with Crippen molar-refractivity contribution in [3.05, 3.63) is 71.6 Å². The number of benzene rings is 2. The summed E-state index contributed by atoms with van der Waals surface area (Å²) >= 11 is 0. The van der Waals surface area contributed by atoms with Gasteiger partial charge >= 0.3 is 0 Å². The van der Waals surface area contributed by atoms with E-state index in [-0.39, 0.29) is 30.9 Å². The number of aliphatic hydroxyl groups is 1. The third kappa shape index (κ3) is 6.95. The second-order valence-electron chi connectivity index (χ2n) is 10.2. The van der Waals surface area contributed by atoms with Gasteiger partial charge in [0.05, 0.1) is 18.2 Å². The lowest BCUT2D eigenvalue weighted by atomic mass is 9.84. The van der Waals surface area contributed by atoms with E-state index in [9.17, 15) is 23.1 Å². The molecule has 0 spiro atoms. The van der Waals surface area contributed by atoms with Crippen molar-refractivity contribution >= 4 is 5.91 Å². The zero-order valence-electron chi connectivity index (χ0n) is 21.5. The number of rotatable bonds is 10. The fourth-order valence-electron chi connectivity index (χ4n) is 4.19. The van der Waals surface area contributed by atoms with Gasteiger partial charge in [-0.3, -0.25) is 4.79 Å². The van der Waals surface area contributed by atoms with Gasteiger partial charge in [0.1, 0.15) is 24.4 Å². The van der Waals surface area contributed by atoms with E-state index in [4.69, 9.17) is 5.73 Å². The Hall–Kier alpha value is -3.24. The molecule has 10 heteroatoms. The Kier molecular flexibility index (Phi) is 9.09. The number of aromatic nitrogens is 3. The molecule has 37 heavy (non-hydrogen) atoms. The Morgan fingerprint density at radius 1 is 1.16 bits per heavy atom. The number of halogens is 3. The summed E-state index contributed by atoms with van der Waals surface area (Å²) in [4.78, 5) is 19.3. The van der Waals surface area contributed by atoms with Crippen molar-refractivity contribution in [2.24, 2.45) is 11.1 Å². The summed E-state index contributed by atoms with van der Waals surface area (Å²) in [7, 11) is 0. The lowest BCUT2D eigenvalue weighted by Gasteiger charge is -2.40.